The topological polar surface area (TPSA) is 63.8 Å². The molecule has 0 unspecified atom stereocenters. The van der Waals surface area contributed by atoms with E-state index in [2.05, 4.69) is 4.98 Å². The lowest BCUT2D eigenvalue weighted by Crippen LogP contribution is -2.41. The summed E-state index contributed by atoms with van der Waals surface area (Å²) in [7, 11) is 1.49. The van der Waals surface area contributed by atoms with Crippen molar-refractivity contribution < 1.29 is 23.3 Å². The lowest BCUT2D eigenvalue weighted by atomic mass is 9.82. The smallest absolute Gasteiger partial charge is 0.398 e. The van der Waals surface area contributed by atoms with Crippen molar-refractivity contribution in [1.82, 2.24) is 10.0 Å². The van der Waals surface area contributed by atoms with Gasteiger partial charge in [-0.1, -0.05) is 18.2 Å². The third kappa shape index (κ3) is 3.29. The second-order valence-corrected chi connectivity index (χ2v) is 7.54. The number of amides is 1. The van der Waals surface area contributed by atoms with E-state index in [0.29, 0.717) is 5.56 Å². The molecule has 1 fully saturated rings. The molecule has 27 heavy (non-hydrogen) atoms. The summed E-state index contributed by atoms with van der Waals surface area (Å²) in [5, 5.41) is 1.69. The van der Waals surface area contributed by atoms with Crippen molar-refractivity contribution in [2.45, 2.75) is 38.9 Å². The number of carbonyl (C=O) groups is 1. The van der Waals surface area contributed by atoms with E-state index < -0.39 is 30.0 Å². The monoisotopic (exact) mass is 374 g/mol. The van der Waals surface area contributed by atoms with Gasteiger partial charge in [-0.15, -0.1) is 0 Å². The summed E-state index contributed by atoms with van der Waals surface area (Å²) >= 11 is 0. The molecular weight excluding hydrogens is 350 g/mol. The van der Waals surface area contributed by atoms with Crippen LogP contribution in [-0.4, -0.2) is 48.4 Å². The number of rotatable bonds is 4. The maximum Gasteiger partial charge on any atom is 0.526 e. The number of hydroxylamine groups is 2. The van der Waals surface area contributed by atoms with Gasteiger partial charge in [0.1, 0.15) is 5.73 Å². The van der Waals surface area contributed by atoms with Crippen LogP contribution in [0.5, 0.6) is 0 Å². The zero-order valence-electron chi connectivity index (χ0n) is 16.4. The highest BCUT2D eigenvalue weighted by atomic mass is 19.1. The van der Waals surface area contributed by atoms with Crippen LogP contribution in [0.1, 0.15) is 33.3 Å². The lowest BCUT2D eigenvalue weighted by Gasteiger charge is -2.32. The van der Waals surface area contributed by atoms with Crippen LogP contribution in [0.25, 0.3) is 16.5 Å². The van der Waals surface area contributed by atoms with Crippen LogP contribution in [0.3, 0.4) is 0 Å². The summed E-state index contributed by atoms with van der Waals surface area (Å²) in [6.45, 7) is 7.31. The number of halogens is 1. The van der Waals surface area contributed by atoms with Gasteiger partial charge in [0.2, 0.25) is 0 Å². The molecule has 0 saturated carbocycles. The normalized spacial score (nSPS) is 19.3. The van der Waals surface area contributed by atoms with E-state index >= 15 is 4.39 Å². The van der Waals surface area contributed by atoms with E-state index in [0.717, 1.165) is 16.0 Å². The third-order valence-corrected chi connectivity index (χ3v) is 5.33. The van der Waals surface area contributed by atoms with Gasteiger partial charge in [0.25, 0.3) is 5.91 Å². The number of H-pyrrole nitrogens is 1. The molecule has 2 heterocycles. The van der Waals surface area contributed by atoms with Gasteiger partial charge in [-0.2, -0.15) is 0 Å². The number of fused-ring (bicyclic) bond motifs is 1. The van der Waals surface area contributed by atoms with Gasteiger partial charge in [-0.05, 0) is 33.8 Å². The number of hydrogen-bond donors (Lipinski definition) is 1. The van der Waals surface area contributed by atoms with Gasteiger partial charge in [0, 0.05) is 29.7 Å². The Bertz CT molecular complexity index is 890. The molecule has 1 N–H and O–H groups in total. The molecular formula is C19H24BFN2O4. The quantitative estimate of drug-likeness (QED) is 0.506. The summed E-state index contributed by atoms with van der Waals surface area (Å²) in [6.07, 6.45) is 1.60. The van der Waals surface area contributed by atoms with E-state index in [1.54, 1.807) is 6.20 Å². The fourth-order valence-electron chi connectivity index (χ4n) is 2.93. The molecule has 0 radical (unpaired) electrons. The highest BCUT2D eigenvalue weighted by Gasteiger charge is 2.54. The summed E-state index contributed by atoms with van der Waals surface area (Å²) in [5.41, 5.74) is -1.18. The summed E-state index contributed by atoms with van der Waals surface area (Å²) in [5.74, 6) is -0.630. The first kappa shape index (κ1) is 19.6. The Morgan fingerprint density at radius 1 is 1.19 bits per heavy atom. The molecule has 2 aromatic rings. The number of benzene rings is 1. The number of likely N-dealkylation sites (N-methyl/N-ethyl adjacent to an activating group) is 1. The van der Waals surface area contributed by atoms with Crippen molar-refractivity contribution in [3.63, 3.8) is 0 Å². The zero-order chi connectivity index (χ0) is 20.0. The molecule has 0 atom stereocenters. The van der Waals surface area contributed by atoms with Crippen molar-refractivity contribution in [2.75, 3.05) is 14.2 Å². The molecule has 1 aliphatic rings. The van der Waals surface area contributed by atoms with Gasteiger partial charge in [0.15, 0.2) is 0 Å². The minimum atomic E-state index is -1.28. The van der Waals surface area contributed by atoms with Crippen molar-refractivity contribution >= 4 is 29.5 Å². The number of nitrogens with zero attached hydrogens (tertiary/aromatic N) is 1. The lowest BCUT2D eigenvalue weighted by molar-refractivity contribution is -0.161. The van der Waals surface area contributed by atoms with Crippen LogP contribution in [-0.2, 0) is 18.9 Å². The van der Waals surface area contributed by atoms with Crippen LogP contribution >= 0.6 is 0 Å². The van der Waals surface area contributed by atoms with Crippen LogP contribution in [0, 0.1) is 0 Å². The van der Waals surface area contributed by atoms with E-state index in [1.165, 1.54) is 14.2 Å². The van der Waals surface area contributed by atoms with E-state index in [9.17, 15) is 4.79 Å². The first-order valence-electron chi connectivity index (χ1n) is 8.73. The maximum atomic E-state index is 15.6. The fraction of sp³-hybridized carbons (Fsp3) is 0.421. The fourth-order valence-corrected chi connectivity index (χ4v) is 2.93. The Balaban J connectivity index is 2.16. The highest BCUT2D eigenvalue weighted by molar-refractivity contribution is 6.57. The van der Waals surface area contributed by atoms with Gasteiger partial charge >= 0.3 is 7.12 Å². The molecule has 6 nitrogen and oxygen atoms in total. The number of aromatic amines is 1. The Hall–Kier alpha value is -2.16. The van der Waals surface area contributed by atoms with E-state index in [4.69, 9.17) is 14.1 Å². The van der Waals surface area contributed by atoms with Crippen LogP contribution < -0.4 is 0 Å². The van der Waals surface area contributed by atoms with Crippen LogP contribution in [0.15, 0.2) is 36.2 Å². The van der Waals surface area contributed by atoms with Crippen molar-refractivity contribution in [3.05, 3.63) is 41.8 Å². The highest BCUT2D eigenvalue weighted by Crippen LogP contribution is 2.41. The summed E-state index contributed by atoms with van der Waals surface area (Å²) in [6, 6.07) is 7.36. The molecule has 8 heteroatoms. The van der Waals surface area contributed by atoms with E-state index in [-0.39, 0.29) is 5.57 Å². The Morgan fingerprint density at radius 3 is 2.37 bits per heavy atom. The molecule has 0 spiro atoms. The average Bonchev–Trinajstić information content (AvgIpc) is 3.12. The summed E-state index contributed by atoms with van der Waals surface area (Å²) in [4.78, 5) is 21.0. The molecule has 0 bridgehead atoms. The predicted molar refractivity (Wildman–Crippen MR) is 102 cm³/mol. The number of nitrogens with one attached hydrogen (secondary N) is 1. The van der Waals surface area contributed by atoms with Gasteiger partial charge in [0.05, 0.1) is 23.9 Å². The third-order valence-electron chi connectivity index (χ3n) is 5.33. The number of aromatic nitrogens is 1. The largest absolute Gasteiger partial charge is 0.526 e. The van der Waals surface area contributed by atoms with Gasteiger partial charge in [-0.25, -0.2) is 9.45 Å². The van der Waals surface area contributed by atoms with Crippen molar-refractivity contribution in [1.29, 1.82) is 0 Å². The van der Waals surface area contributed by atoms with Crippen molar-refractivity contribution in [3.8, 4) is 0 Å². The Kier molecular flexibility index (Phi) is 4.92. The van der Waals surface area contributed by atoms with Crippen LogP contribution in [0.2, 0.25) is 0 Å². The van der Waals surface area contributed by atoms with Gasteiger partial charge < -0.3 is 14.3 Å². The minimum Gasteiger partial charge on any atom is -0.398 e. The molecule has 1 aromatic heterocycles. The zero-order valence-corrected chi connectivity index (χ0v) is 16.4. The molecule has 144 valence electrons. The molecule has 1 aliphatic heterocycles. The standard InChI is InChI=1S/C19H24BFN2O4/c1-18(2)19(3,4)27-20(26-18)16(21)15(17(24)23(5)25-6)13-11-22-14-10-8-7-9-12(13)14/h7-11,22H,1-6H3. The average molecular weight is 374 g/mol. The first-order chi connectivity index (χ1) is 12.6. The second-order valence-electron chi connectivity index (χ2n) is 7.54. The van der Waals surface area contributed by atoms with Crippen molar-refractivity contribution in [2.24, 2.45) is 0 Å². The molecule has 0 aliphatic carbocycles. The SMILES string of the molecule is CON(C)C(=O)C(=C(F)B1OC(C)(C)C(C)(C)O1)c1c[nH]c2ccccc12. The predicted octanol–water partition coefficient (Wildman–Crippen LogP) is 3.50. The maximum absolute atomic E-state index is 15.6. The van der Waals surface area contributed by atoms with Crippen LogP contribution in [0.4, 0.5) is 4.39 Å². The molecule has 1 amide bonds. The first-order valence-corrected chi connectivity index (χ1v) is 8.73. The summed E-state index contributed by atoms with van der Waals surface area (Å²) < 4.78 is 27.2. The minimum absolute atomic E-state index is 0.157. The van der Waals surface area contributed by atoms with Gasteiger partial charge in [-0.3, -0.25) is 9.63 Å². The molecule has 1 saturated heterocycles. The number of para-hydroxylation sites is 1. The molecule has 3 rings (SSSR count). The van der Waals surface area contributed by atoms with E-state index in [1.807, 2.05) is 52.0 Å². The Morgan fingerprint density at radius 2 is 1.78 bits per heavy atom. The number of hydrogen-bond acceptors (Lipinski definition) is 4. The number of carbonyl (C=O) groups excluding carboxylic acids is 1. The Labute approximate surface area is 158 Å². The molecule has 1 aromatic carbocycles. The second kappa shape index (κ2) is 6.78.